The van der Waals surface area contributed by atoms with E-state index in [0.29, 0.717) is 12.4 Å². The van der Waals surface area contributed by atoms with Gasteiger partial charge in [-0.25, -0.2) is 9.37 Å². The largest absolute Gasteiger partial charge is 0.366 e. The van der Waals surface area contributed by atoms with Gasteiger partial charge in [-0.3, -0.25) is 0 Å². The molecule has 0 aliphatic carbocycles. The van der Waals surface area contributed by atoms with Gasteiger partial charge in [0.2, 0.25) is 0 Å². The Kier molecular flexibility index (Phi) is 4.32. The van der Waals surface area contributed by atoms with E-state index in [-0.39, 0.29) is 11.9 Å². The molecule has 14 heavy (non-hydrogen) atoms. The van der Waals surface area contributed by atoms with Crippen molar-refractivity contribution in [3.8, 4) is 0 Å². The van der Waals surface area contributed by atoms with Gasteiger partial charge in [0.15, 0.2) is 0 Å². The third-order valence-electron chi connectivity index (χ3n) is 2.00. The van der Waals surface area contributed by atoms with E-state index in [2.05, 4.69) is 17.2 Å². The maximum absolute atomic E-state index is 12.5. The van der Waals surface area contributed by atoms with E-state index in [1.54, 1.807) is 6.07 Å². The van der Waals surface area contributed by atoms with Crippen molar-refractivity contribution in [1.29, 1.82) is 0 Å². The number of hydrogen-bond acceptors (Lipinski definition) is 3. The zero-order valence-corrected chi connectivity index (χ0v) is 8.33. The SMILES string of the molecule is CCCC(CN)Nc1ccc(F)cn1. The highest BCUT2D eigenvalue weighted by atomic mass is 19.1. The van der Waals surface area contributed by atoms with Crippen molar-refractivity contribution in [3.63, 3.8) is 0 Å². The molecule has 1 aromatic rings. The predicted molar refractivity (Wildman–Crippen MR) is 55.6 cm³/mol. The van der Waals surface area contributed by atoms with Crippen LogP contribution >= 0.6 is 0 Å². The highest BCUT2D eigenvalue weighted by Crippen LogP contribution is 2.07. The summed E-state index contributed by atoms with van der Waals surface area (Å²) in [7, 11) is 0. The predicted octanol–water partition coefficient (Wildman–Crippen LogP) is 1.76. The number of aromatic nitrogens is 1. The Hall–Kier alpha value is -1.16. The van der Waals surface area contributed by atoms with Gasteiger partial charge < -0.3 is 11.1 Å². The van der Waals surface area contributed by atoms with Crippen molar-refractivity contribution in [1.82, 2.24) is 4.98 Å². The van der Waals surface area contributed by atoms with Crippen LogP contribution in [-0.2, 0) is 0 Å². The van der Waals surface area contributed by atoms with Crippen LogP contribution in [0.3, 0.4) is 0 Å². The molecule has 0 fully saturated rings. The van der Waals surface area contributed by atoms with Crippen LogP contribution in [-0.4, -0.2) is 17.6 Å². The highest BCUT2D eigenvalue weighted by molar-refractivity contribution is 5.34. The van der Waals surface area contributed by atoms with Crippen molar-refractivity contribution in [3.05, 3.63) is 24.1 Å². The molecule has 0 radical (unpaired) electrons. The topological polar surface area (TPSA) is 50.9 Å². The monoisotopic (exact) mass is 197 g/mol. The molecule has 0 spiro atoms. The van der Waals surface area contributed by atoms with E-state index in [9.17, 15) is 4.39 Å². The maximum Gasteiger partial charge on any atom is 0.141 e. The Morgan fingerprint density at radius 2 is 2.36 bits per heavy atom. The molecule has 1 heterocycles. The fourth-order valence-electron chi connectivity index (χ4n) is 1.27. The lowest BCUT2D eigenvalue weighted by Crippen LogP contribution is -2.28. The Labute approximate surface area is 83.5 Å². The van der Waals surface area contributed by atoms with Gasteiger partial charge in [0.25, 0.3) is 0 Å². The molecule has 0 saturated carbocycles. The Bertz CT molecular complexity index is 261. The second kappa shape index (κ2) is 5.54. The first-order valence-corrected chi connectivity index (χ1v) is 4.84. The number of nitrogens with one attached hydrogen (secondary N) is 1. The summed E-state index contributed by atoms with van der Waals surface area (Å²) in [6, 6.07) is 3.22. The van der Waals surface area contributed by atoms with E-state index in [0.717, 1.165) is 12.8 Å². The van der Waals surface area contributed by atoms with Gasteiger partial charge in [-0.2, -0.15) is 0 Å². The average molecular weight is 197 g/mol. The van der Waals surface area contributed by atoms with Crippen LogP contribution in [0.4, 0.5) is 10.2 Å². The van der Waals surface area contributed by atoms with Crippen molar-refractivity contribution in [2.24, 2.45) is 5.73 Å². The Morgan fingerprint density at radius 3 is 2.86 bits per heavy atom. The van der Waals surface area contributed by atoms with E-state index in [1.807, 2.05) is 0 Å². The summed E-state index contributed by atoms with van der Waals surface area (Å²) in [4.78, 5) is 3.91. The summed E-state index contributed by atoms with van der Waals surface area (Å²) in [5.74, 6) is 0.352. The lowest BCUT2D eigenvalue weighted by Gasteiger charge is -2.16. The Balaban J connectivity index is 2.53. The molecule has 0 bridgehead atoms. The molecule has 1 unspecified atom stereocenters. The second-order valence-corrected chi connectivity index (χ2v) is 3.23. The van der Waals surface area contributed by atoms with E-state index in [4.69, 9.17) is 5.73 Å². The van der Waals surface area contributed by atoms with Gasteiger partial charge >= 0.3 is 0 Å². The summed E-state index contributed by atoms with van der Waals surface area (Å²) < 4.78 is 12.5. The van der Waals surface area contributed by atoms with Crippen LogP contribution in [0.1, 0.15) is 19.8 Å². The normalized spacial score (nSPS) is 12.5. The molecule has 1 rings (SSSR count). The third-order valence-corrected chi connectivity index (χ3v) is 2.00. The molecule has 78 valence electrons. The van der Waals surface area contributed by atoms with Crippen molar-refractivity contribution in [2.75, 3.05) is 11.9 Å². The maximum atomic E-state index is 12.5. The highest BCUT2D eigenvalue weighted by Gasteiger charge is 2.05. The minimum absolute atomic E-state index is 0.220. The van der Waals surface area contributed by atoms with Crippen LogP contribution in [0, 0.1) is 5.82 Å². The molecule has 0 aliphatic heterocycles. The second-order valence-electron chi connectivity index (χ2n) is 3.23. The standard InChI is InChI=1S/C10H16FN3/c1-2-3-9(6-12)14-10-5-4-8(11)7-13-10/h4-5,7,9H,2-3,6,12H2,1H3,(H,13,14). The lowest BCUT2D eigenvalue weighted by molar-refractivity contribution is 0.618. The van der Waals surface area contributed by atoms with Crippen LogP contribution in [0.25, 0.3) is 0 Å². The van der Waals surface area contributed by atoms with Crippen LogP contribution in [0.2, 0.25) is 0 Å². The molecule has 1 aromatic heterocycles. The van der Waals surface area contributed by atoms with Crippen molar-refractivity contribution in [2.45, 2.75) is 25.8 Å². The first kappa shape index (κ1) is 10.9. The number of halogens is 1. The Morgan fingerprint density at radius 1 is 1.57 bits per heavy atom. The average Bonchev–Trinajstić information content (AvgIpc) is 2.20. The quantitative estimate of drug-likeness (QED) is 0.756. The van der Waals surface area contributed by atoms with Gasteiger partial charge in [-0.05, 0) is 18.6 Å². The molecule has 0 saturated heterocycles. The van der Waals surface area contributed by atoms with E-state index < -0.39 is 0 Å². The van der Waals surface area contributed by atoms with E-state index >= 15 is 0 Å². The fraction of sp³-hybridized carbons (Fsp3) is 0.500. The molecule has 1 atom stereocenters. The zero-order chi connectivity index (χ0) is 10.4. The van der Waals surface area contributed by atoms with Crippen molar-refractivity contribution >= 4 is 5.82 Å². The van der Waals surface area contributed by atoms with Gasteiger partial charge in [-0.15, -0.1) is 0 Å². The minimum atomic E-state index is -0.324. The van der Waals surface area contributed by atoms with Crippen LogP contribution in [0.5, 0.6) is 0 Å². The van der Waals surface area contributed by atoms with Crippen LogP contribution in [0.15, 0.2) is 18.3 Å². The van der Waals surface area contributed by atoms with Gasteiger partial charge in [0.1, 0.15) is 11.6 Å². The van der Waals surface area contributed by atoms with Gasteiger partial charge in [0.05, 0.1) is 6.20 Å². The number of anilines is 1. The molecule has 0 aliphatic rings. The number of pyridine rings is 1. The summed E-state index contributed by atoms with van der Waals surface area (Å²) >= 11 is 0. The number of hydrogen-bond donors (Lipinski definition) is 2. The summed E-state index contributed by atoms with van der Waals surface area (Å²) in [6.45, 7) is 2.66. The van der Waals surface area contributed by atoms with Gasteiger partial charge in [-0.1, -0.05) is 13.3 Å². The molecule has 3 N–H and O–H groups in total. The number of rotatable bonds is 5. The smallest absolute Gasteiger partial charge is 0.141 e. The lowest BCUT2D eigenvalue weighted by atomic mass is 10.1. The van der Waals surface area contributed by atoms with E-state index in [1.165, 1.54) is 12.3 Å². The van der Waals surface area contributed by atoms with Gasteiger partial charge in [0, 0.05) is 12.6 Å². The van der Waals surface area contributed by atoms with Crippen LogP contribution < -0.4 is 11.1 Å². The molecule has 0 amide bonds. The number of nitrogens with zero attached hydrogens (tertiary/aromatic N) is 1. The van der Waals surface area contributed by atoms with Crippen molar-refractivity contribution < 1.29 is 4.39 Å². The summed E-state index contributed by atoms with van der Waals surface area (Å²) in [5.41, 5.74) is 5.57. The molecular weight excluding hydrogens is 181 g/mol. The molecule has 3 nitrogen and oxygen atoms in total. The summed E-state index contributed by atoms with van der Waals surface area (Å²) in [5, 5.41) is 3.15. The third kappa shape index (κ3) is 3.30. The molecular formula is C10H16FN3. The minimum Gasteiger partial charge on any atom is -0.366 e. The number of nitrogens with two attached hydrogens (primary N) is 1. The first-order chi connectivity index (χ1) is 6.76. The molecule has 4 heteroatoms. The zero-order valence-electron chi connectivity index (χ0n) is 8.33. The fourth-order valence-corrected chi connectivity index (χ4v) is 1.27. The molecule has 0 aromatic carbocycles. The summed E-state index contributed by atoms with van der Waals surface area (Å²) in [6.07, 6.45) is 3.26. The first-order valence-electron chi connectivity index (χ1n) is 4.84.